The molecule has 0 saturated carbocycles. The van der Waals surface area contributed by atoms with E-state index in [0.717, 1.165) is 5.92 Å². The van der Waals surface area contributed by atoms with Crippen LogP contribution in [-0.2, 0) is 0 Å². The van der Waals surface area contributed by atoms with E-state index in [1.165, 1.54) is 24.0 Å². The second kappa shape index (κ2) is 8.81. The molecular formula is C17H26. The average Bonchev–Trinajstić information content (AvgIpc) is 2.40. The normalized spacial score (nSPS) is 13.1. The predicted octanol–water partition coefficient (Wildman–Crippen LogP) is 5.67. The molecule has 0 aliphatic carbocycles. The molecule has 17 heavy (non-hydrogen) atoms. The van der Waals surface area contributed by atoms with E-state index in [4.69, 9.17) is 0 Å². The summed E-state index contributed by atoms with van der Waals surface area (Å²) in [6.07, 6.45) is 4.49. The van der Waals surface area contributed by atoms with Gasteiger partial charge in [-0.15, -0.1) is 13.2 Å². The van der Waals surface area contributed by atoms with Gasteiger partial charge < -0.3 is 0 Å². The monoisotopic (exact) mass is 230 g/mol. The average molecular weight is 230 g/mol. The molecule has 0 fully saturated rings. The van der Waals surface area contributed by atoms with E-state index in [1.807, 2.05) is 6.08 Å². The quantitative estimate of drug-likeness (QED) is 0.571. The summed E-state index contributed by atoms with van der Waals surface area (Å²) in [5, 5.41) is 0. The van der Waals surface area contributed by atoms with Gasteiger partial charge in [0.1, 0.15) is 0 Å². The van der Waals surface area contributed by atoms with Crippen LogP contribution in [0.25, 0.3) is 6.08 Å². The summed E-state index contributed by atoms with van der Waals surface area (Å²) in [7, 11) is 0. The maximum atomic E-state index is 3.81. The van der Waals surface area contributed by atoms with E-state index in [2.05, 4.69) is 64.8 Å². The van der Waals surface area contributed by atoms with Gasteiger partial charge in [0, 0.05) is 0 Å². The van der Waals surface area contributed by atoms with Gasteiger partial charge in [-0.05, 0) is 23.0 Å². The first kappa shape index (κ1) is 15.7. The van der Waals surface area contributed by atoms with Crippen LogP contribution in [0.4, 0.5) is 0 Å². The Morgan fingerprint density at radius 2 is 1.88 bits per heavy atom. The van der Waals surface area contributed by atoms with Gasteiger partial charge >= 0.3 is 0 Å². The van der Waals surface area contributed by atoms with Gasteiger partial charge in [0.25, 0.3) is 0 Å². The first-order valence-corrected chi connectivity index (χ1v) is 6.41. The highest BCUT2D eigenvalue weighted by atomic mass is 14.2. The lowest BCUT2D eigenvalue weighted by Gasteiger charge is -2.20. The molecule has 1 aromatic rings. The minimum absolute atomic E-state index is 0.643. The standard InChI is InChI=1S/C15H22.C2H4/c1-5-8-12(3)13(4)15-10-7-9-14(6-2)11-15;1-2/h6-7,9-13H,2,5,8H2,1,3-4H3;1-2H2. The Morgan fingerprint density at radius 1 is 1.24 bits per heavy atom. The molecule has 0 radical (unpaired) electrons. The van der Waals surface area contributed by atoms with Crippen LogP contribution in [0, 0.1) is 5.92 Å². The van der Waals surface area contributed by atoms with E-state index in [0.29, 0.717) is 5.92 Å². The maximum Gasteiger partial charge on any atom is -0.0164 e. The molecule has 0 nitrogen and oxygen atoms in total. The number of rotatable bonds is 5. The molecule has 0 aliphatic rings. The van der Waals surface area contributed by atoms with Crippen molar-refractivity contribution in [2.75, 3.05) is 0 Å². The van der Waals surface area contributed by atoms with Crippen molar-refractivity contribution in [1.29, 1.82) is 0 Å². The zero-order valence-electron chi connectivity index (χ0n) is 11.6. The molecule has 2 unspecified atom stereocenters. The second-order valence-corrected chi connectivity index (χ2v) is 4.43. The zero-order valence-corrected chi connectivity index (χ0v) is 11.6. The van der Waals surface area contributed by atoms with Gasteiger partial charge in [0.2, 0.25) is 0 Å². The molecule has 0 saturated heterocycles. The molecule has 1 aromatic carbocycles. The Hall–Kier alpha value is -1.30. The van der Waals surface area contributed by atoms with Crippen LogP contribution < -0.4 is 0 Å². The Labute approximate surface area is 107 Å². The third kappa shape index (κ3) is 5.04. The first-order valence-electron chi connectivity index (χ1n) is 6.41. The highest BCUT2D eigenvalue weighted by molar-refractivity contribution is 5.48. The lowest BCUT2D eigenvalue weighted by molar-refractivity contribution is 0.448. The van der Waals surface area contributed by atoms with Crippen molar-refractivity contribution in [3.8, 4) is 0 Å². The summed E-state index contributed by atoms with van der Waals surface area (Å²) in [4.78, 5) is 0. The smallest absolute Gasteiger partial charge is 0.0164 e. The fourth-order valence-corrected chi connectivity index (χ4v) is 2.00. The summed E-state index contributed by atoms with van der Waals surface area (Å²) >= 11 is 0. The van der Waals surface area contributed by atoms with E-state index < -0.39 is 0 Å². The molecule has 0 N–H and O–H groups in total. The van der Waals surface area contributed by atoms with E-state index in [9.17, 15) is 0 Å². The first-order chi connectivity index (χ1) is 8.19. The van der Waals surface area contributed by atoms with Gasteiger partial charge in [-0.25, -0.2) is 0 Å². The molecule has 1 rings (SSSR count). The van der Waals surface area contributed by atoms with Crippen LogP contribution in [0.1, 0.15) is 50.7 Å². The minimum Gasteiger partial charge on any atom is -0.106 e. The van der Waals surface area contributed by atoms with Crippen molar-refractivity contribution in [3.05, 3.63) is 55.1 Å². The Kier molecular flexibility index (Phi) is 8.13. The van der Waals surface area contributed by atoms with Gasteiger partial charge in [0.05, 0.1) is 0 Å². The highest BCUT2D eigenvalue weighted by Crippen LogP contribution is 2.27. The van der Waals surface area contributed by atoms with E-state index in [-0.39, 0.29) is 0 Å². The van der Waals surface area contributed by atoms with Crippen molar-refractivity contribution in [2.24, 2.45) is 5.92 Å². The molecule has 94 valence electrons. The van der Waals surface area contributed by atoms with Crippen LogP contribution >= 0.6 is 0 Å². The highest BCUT2D eigenvalue weighted by Gasteiger charge is 2.13. The number of benzene rings is 1. The topological polar surface area (TPSA) is 0 Å². The molecule has 0 aromatic heterocycles. The molecule has 0 heteroatoms. The zero-order chi connectivity index (χ0) is 13.3. The summed E-state index contributed by atoms with van der Waals surface area (Å²) in [6.45, 7) is 16.7. The minimum atomic E-state index is 0.643. The summed E-state index contributed by atoms with van der Waals surface area (Å²) < 4.78 is 0. The van der Waals surface area contributed by atoms with Crippen LogP contribution in [0.5, 0.6) is 0 Å². The van der Waals surface area contributed by atoms with Crippen LogP contribution in [0.15, 0.2) is 44.0 Å². The molecule has 0 bridgehead atoms. The molecule has 2 atom stereocenters. The van der Waals surface area contributed by atoms with E-state index in [1.54, 1.807) is 0 Å². The fourth-order valence-electron chi connectivity index (χ4n) is 2.00. The fraction of sp³-hybridized carbons (Fsp3) is 0.412. The third-order valence-electron chi connectivity index (χ3n) is 3.27. The van der Waals surface area contributed by atoms with E-state index >= 15 is 0 Å². The molecule has 0 aliphatic heterocycles. The Balaban J connectivity index is 0.00000121. The lowest BCUT2D eigenvalue weighted by Crippen LogP contribution is -2.05. The largest absolute Gasteiger partial charge is 0.106 e. The Bertz CT molecular complexity index is 325. The predicted molar refractivity (Wildman–Crippen MR) is 80.3 cm³/mol. The molecular weight excluding hydrogens is 204 g/mol. The van der Waals surface area contributed by atoms with Gasteiger partial charge in [0.15, 0.2) is 0 Å². The summed E-state index contributed by atoms with van der Waals surface area (Å²) in [5.41, 5.74) is 2.66. The van der Waals surface area contributed by atoms with Crippen LogP contribution in [-0.4, -0.2) is 0 Å². The molecule has 0 spiro atoms. The molecule has 0 heterocycles. The van der Waals surface area contributed by atoms with Crippen LogP contribution in [0.2, 0.25) is 0 Å². The summed E-state index contributed by atoms with van der Waals surface area (Å²) in [5.74, 6) is 1.40. The Morgan fingerprint density at radius 3 is 2.41 bits per heavy atom. The maximum absolute atomic E-state index is 3.81. The van der Waals surface area contributed by atoms with Crippen LogP contribution in [0.3, 0.4) is 0 Å². The molecule has 0 amide bonds. The number of hydrogen-bond acceptors (Lipinski definition) is 0. The van der Waals surface area contributed by atoms with Crippen molar-refractivity contribution in [2.45, 2.75) is 39.5 Å². The van der Waals surface area contributed by atoms with Crippen molar-refractivity contribution in [3.63, 3.8) is 0 Å². The lowest BCUT2D eigenvalue weighted by atomic mass is 9.85. The second-order valence-electron chi connectivity index (χ2n) is 4.43. The SMILES string of the molecule is C=C.C=Cc1cccc(C(C)C(C)CCC)c1. The van der Waals surface area contributed by atoms with Gasteiger partial charge in [-0.1, -0.05) is 70.5 Å². The van der Waals surface area contributed by atoms with Gasteiger partial charge in [-0.2, -0.15) is 0 Å². The summed E-state index contributed by atoms with van der Waals surface area (Å²) in [6, 6.07) is 8.71. The number of hydrogen-bond donors (Lipinski definition) is 0. The van der Waals surface area contributed by atoms with Crippen molar-refractivity contribution in [1.82, 2.24) is 0 Å². The van der Waals surface area contributed by atoms with Crippen molar-refractivity contribution < 1.29 is 0 Å². The van der Waals surface area contributed by atoms with Crippen molar-refractivity contribution >= 4 is 6.08 Å². The third-order valence-corrected chi connectivity index (χ3v) is 3.27. The van der Waals surface area contributed by atoms with Gasteiger partial charge in [-0.3, -0.25) is 0 Å².